The lowest BCUT2D eigenvalue weighted by Gasteiger charge is -2.28. The van der Waals surface area contributed by atoms with Crippen LogP contribution in [0.2, 0.25) is 0 Å². The van der Waals surface area contributed by atoms with E-state index in [2.05, 4.69) is 17.6 Å². The number of carboxylic acid groups (broad SMARTS) is 1. The van der Waals surface area contributed by atoms with Crippen LogP contribution in [0, 0.1) is 11.8 Å². The maximum absolute atomic E-state index is 11.8. The molecule has 1 aliphatic carbocycles. The SMILES string of the molecule is CC(C)CC(NC(=O)NC1CCCC(C)C1)C(=O)O. The van der Waals surface area contributed by atoms with Gasteiger partial charge >= 0.3 is 12.0 Å². The quantitative estimate of drug-likeness (QED) is 0.717. The smallest absolute Gasteiger partial charge is 0.326 e. The van der Waals surface area contributed by atoms with Gasteiger partial charge in [-0.1, -0.05) is 33.6 Å². The first-order valence-electron chi connectivity index (χ1n) is 7.18. The van der Waals surface area contributed by atoms with Gasteiger partial charge in [0.1, 0.15) is 6.04 Å². The second kappa shape index (κ2) is 7.36. The Morgan fingerprint density at radius 1 is 1.32 bits per heavy atom. The summed E-state index contributed by atoms with van der Waals surface area (Å²) in [5.41, 5.74) is 0. The monoisotopic (exact) mass is 270 g/mol. The van der Waals surface area contributed by atoms with Crippen LogP contribution in [0.1, 0.15) is 52.9 Å². The lowest BCUT2D eigenvalue weighted by molar-refractivity contribution is -0.139. The van der Waals surface area contributed by atoms with Crippen molar-refractivity contribution in [1.82, 2.24) is 10.6 Å². The third kappa shape index (κ3) is 5.94. The van der Waals surface area contributed by atoms with Crippen molar-refractivity contribution in [2.75, 3.05) is 0 Å². The van der Waals surface area contributed by atoms with E-state index in [9.17, 15) is 9.59 Å². The number of nitrogens with one attached hydrogen (secondary N) is 2. The summed E-state index contributed by atoms with van der Waals surface area (Å²) in [4.78, 5) is 22.9. The average Bonchev–Trinajstić information content (AvgIpc) is 2.27. The Morgan fingerprint density at radius 3 is 2.53 bits per heavy atom. The highest BCUT2D eigenvalue weighted by molar-refractivity contribution is 5.82. The Kier molecular flexibility index (Phi) is 6.12. The molecule has 5 nitrogen and oxygen atoms in total. The van der Waals surface area contributed by atoms with Gasteiger partial charge in [-0.3, -0.25) is 0 Å². The molecule has 0 radical (unpaired) electrons. The number of carbonyl (C=O) groups is 2. The first kappa shape index (κ1) is 15.8. The fourth-order valence-corrected chi connectivity index (χ4v) is 2.64. The summed E-state index contributed by atoms with van der Waals surface area (Å²) in [6, 6.07) is -0.981. The number of carboxylic acids is 1. The molecular weight excluding hydrogens is 244 g/mol. The number of rotatable bonds is 5. The topological polar surface area (TPSA) is 78.4 Å². The summed E-state index contributed by atoms with van der Waals surface area (Å²) in [5, 5.41) is 14.5. The molecule has 0 bridgehead atoms. The van der Waals surface area contributed by atoms with Crippen LogP contribution in [0.25, 0.3) is 0 Å². The normalized spacial score (nSPS) is 24.8. The van der Waals surface area contributed by atoms with Gasteiger partial charge in [-0.15, -0.1) is 0 Å². The van der Waals surface area contributed by atoms with Crippen LogP contribution in [-0.2, 0) is 4.79 Å². The fraction of sp³-hybridized carbons (Fsp3) is 0.857. The molecule has 0 aromatic carbocycles. The molecule has 1 fully saturated rings. The van der Waals surface area contributed by atoms with Gasteiger partial charge in [0, 0.05) is 6.04 Å². The van der Waals surface area contributed by atoms with Gasteiger partial charge in [0.05, 0.1) is 0 Å². The molecule has 0 heterocycles. The Balaban J connectivity index is 2.41. The van der Waals surface area contributed by atoms with E-state index in [0.29, 0.717) is 12.3 Å². The minimum atomic E-state index is -0.971. The molecule has 1 rings (SSSR count). The van der Waals surface area contributed by atoms with Gasteiger partial charge in [0.25, 0.3) is 0 Å². The van der Waals surface area contributed by atoms with Crippen molar-refractivity contribution in [2.45, 2.75) is 65.0 Å². The fourth-order valence-electron chi connectivity index (χ4n) is 2.64. The molecule has 0 aromatic rings. The van der Waals surface area contributed by atoms with Crippen LogP contribution < -0.4 is 10.6 Å². The number of carbonyl (C=O) groups excluding carboxylic acids is 1. The van der Waals surface area contributed by atoms with Crippen molar-refractivity contribution >= 4 is 12.0 Å². The number of aliphatic carboxylic acids is 1. The van der Waals surface area contributed by atoms with E-state index in [1.807, 2.05) is 13.8 Å². The van der Waals surface area contributed by atoms with Crippen molar-refractivity contribution in [3.8, 4) is 0 Å². The number of amides is 2. The minimum Gasteiger partial charge on any atom is -0.480 e. The molecule has 19 heavy (non-hydrogen) atoms. The lowest BCUT2D eigenvalue weighted by Crippen LogP contribution is -2.50. The summed E-state index contributed by atoms with van der Waals surface area (Å²) in [6.45, 7) is 6.07. The van der Waals surface area contributed by atoms with Crippen LogP contribution in [0.4, 0.5) is 4.79 Å². The first-order chi connectivity index (χ1) is 8.88. The zero-order valence-electron chi connectivity index (χ0n) is 12.1. The highest BCUT2D eigenvalue weighted by atomic mass is 16.4. The first-order valence-corrected chi connectivity index (χ1v) is 7.18. The molecule has 1 saturated carbocycles. The molecule has 5 heteroatoms. The second-order valence-corrected chi connectivity index (χ2v) is 6.11. The van der Waals surface area contributed by atoms with Crippen LogP contribution in [-0.4, -0.2) is 29.2 Å². The number of hydrogen-bond donors (Lipinski definition) is 3. The van der Waals surface area contributed by atoms with Crippen molar-refractivity contribution in [2.24, 2.45) is 11.8 Å². The largest absolute Gasteiger partial charge is 0.480 e. The van der Waals surface area contributed by atoms with Gasteiger partial charge in [-0.2, -0.15) is 0 Å². The molecule has 0 aliphatic heterocycles. The highest BCUT2D eigenvalue weighted by Gasteiger charge is 2.24. The van der Waals surface area contributed by atoms with E-state index in [1.54, 1.807) is 0 Å². The predicted molar refractivity (Wildman–Crippen MR) is 74.0 cm³/mol. The minimum absolute atomic E-state index is 0.178. The molecule has 110 valence electrons. The highest BCUT2D eigenvalue weighted by Crippen LogP contribution is 2.23. The average molecular weight is 270 g/mol. The molecular formula is C14H26N2O3. The summed E-state index contributed by atoms with van der Waals surface area (Å²) >= 11 is 0. The van der Waals surface area contributed by atoms with E-state index in [-0.39, 0.29) is 18.0 Å². The zero-order valence-corrected chi connectivity index (χ0v) is 12.1. The van der Waals surface area contributed by atoms with E-state index in [1.165, 1.54) is 6.42 Å². The van der Waals surface area contributed by atoms with Crippen LogP contribution in [0.15, 0.2) is 0 Å². The zero-order chi connectivity index (χ0) is 14.4. The van der Waals surface area contributed by atoms with E-state index < -0.39 is 12.0 Å². The van der Waals surface area contributed by atoms with Crippen molar-refractivity contribution < 1.29 is 14.7 Å². The maximum atomic E-state index is 11.8. The van der Waals surface area contributed by atoms with Gasteiger partial charge in [0.15, 0.2) is 0 Å². The Hall–Kier alpha value is -1.26. The van der Waals surface area contributed by atoms with Crippen LogP contribution in [0.5, 0.6) is 0 Å². The van der Waals surface area contributed by atoms with Gasteiger partial charge in [-0.05, 0) is 31.1 Å². The standard InChI is InChI=1S/C14H26N2O3/c1-9(2)7-12(13(17)18)16-14(19)15-11-6-4-5-10(3)8-11/h9-12H,4-8H2,1-3H3,(H,17,18)(H2,15,16,19). The van der Waals surface area contributed by atoms with Crippen molar-refractivity contribution in [3.63, 3.8) is 0 Å². The molecule has 3 unspecified atom stereocenters. The summed E-state index contributed by atoms with van der Waals surface area (Å²) in [7, 11) is 0. The summed E-state index contributed by atoms with van der Waals surface area (Å²) in [5.74, 6) is -0.109. The second-order valence-electron chi connectivity index (χ2n) is 6.11. The lowest BCUT2D eigenvalue weighted by atomic mass is 9.87. The maximum Gasteiger partial charge on any atom is 0.326 e. The molecule has 0 aromatic heterocycles. The van der Waals surface area contributed by atoms with Gasteiger partial charge in [-0.25, -0.2) is 9.59 Å². The molecule has 1 aliphatic rings. The van der Waals surface area contributed by atoms with Gasteiger partial charge < -0.3 is 15.7 Å². The number of hydrogen-bond acceptors (Lipinski definition) is 2. The van der Waals surface area contributed by atoms with E-state index >= 15 is 0 Å². The molecule has 0 saturated heterocycles. The van der Waals surface area contributed by atoms with E-state index in [0.717, 1.165) is 19.3 Å². The predicted octanol–water partition coefficient (Wildman–Crippen LogP) is 2.36. The Morgan fingerprint density at radius 2 is 2.00 bits per heavy atom. The third-order valence-corrected chi connectivity index (χ3v) is 3.58. The summed E-state index contributed by atoms with van der Waals surface area (Å²) < 4.78 is 0. The molecule has 3 N–H and O–H groups in total. The van der Waals surface area contributed by atoms with E-state index in [4.69, 9.17) is 5.11 Å². The van der Waals surface area contributed by atoms with Crippen molar-refractivity contribution in [3.05, 3.63) is 0 Å². The van der Waals surface area contributed by atoms with Gasteiger partial charge in [0.2, 0.25) is 0 Å². The van der Waals surface area contributed by atoms with Crippen LogP contribution >= 0.6 is 0 Å². The van der Waals surface area contributed by atoms with Crippen LogP contribution in [0.3, 0.4) is 0 Å². The molecule has 0 spiro atoms. The van der Waals surface area contributed by atoms with Crippen molar-refractivity contribution in [1.29, 1.82) is 0 Å². The molecule has 3 atom stereocenters. The third-order valence-electron chi connectivity index (χ3n) is 3.58. The molecule has 2 amide bonds. The summed E-state index contributed by atoms with van der Waals surface area (Å²) in [6.07, 6.45) is 4.75. The Bertz CT molecular complexity index is 318. The Labute approximate surface area is 115 Å². The number of urea groups is 1.